The molecule has 1 aromatic carbocycles. The molecule has 1 amide bonds. The molecule has 0 saturated heterocycles. The maximum atomic E-state index is 13.3. The minimum absolute atomic E-state index is 0.148. The van der Waals surface area contributed by atoms with Gasteiger partial charge >= 0.3 is 0 Å². The van der Waals surface area contributed by atoms with Gasteiger partial charge < -0.3 is 23.0 Å². The Morgan fingerprint density at radius 3 is 2.27 bits per heavy atom. The van der Waals surface area contributed by atoms with E-state index in [0.29, 0.717) is 42.5 Å². The highest BCUT2D eigenvalue weighted by molar-refractivity contribution is 5.94. The summed E-state index contributed by atoms with van der Waals surface area (Å²) >= 11 is 0. The maximum Gasteiger partial charge on any atom is 0.254 e. The Bertz CT molecular complexity index is 1040. The van der Waals surface area contributed by atoms with Crippen LogP contribution in [0.1, 0.15) is 38.9 Å². The third kappa shape index (κ3) is 4.46. The van der Waals surface area contributed by atoms with E-state index in [1.165, 1.54) is 0 Å². The van der Waals surface area contributed by atoms with Crippen molar-refractivity contribution < 1.29 is 22.9 Å². The number of ether oxygens (including phenoxy) is 1. The molecule has 0 atom stereocenters. The highest BCUT2D eigenvalue weighted by Crippen LogP contribution is 2.21. The van der Waals surface area contributed by atoms with Gasteiger partial charge in [0.15, 0.2) is 0 Å². The van der Waals surface area contributed by atoms with E-state index >= 15 is 0 Å². The summed E-state index contributed by atoms with van der Waals surface area (Å²) in [5.74, 6) is 2.56. The van der Waals surface area contributed by atoms with Gasteiger partial charge in [-0.3, -0.25) is 4.79 Å². The third-order valence-electron chi connectivity index (χ3n) is 4.79. The number of hydrogen-bond donors (Lipinski definition) is 0. The second-order valence-corrected chi connectivity index (χ2v) is 6.94. The van der Waals surface area contributed by atoms with E-state index in [2.05, 4.69) is 5.16 Å². The number of carbonyl (C=O) groups is 1. The topological polar surface area (TPSA) is 81.9 Å². The van der Waals surface area contributed by atoms with E-state index in [9.17, 15) is 4.79 Å². The van der Waals surface area contributed by atoms with E-state index in [-0.39, 0.29) is 5.91 Å². The maximum absolute atomic E-state index is 13.3. The number of amides is 1. The van der Waals surface area contributed by atoms with Gasteiger partial charge in [0.2, 0.25) is 0 Å². The summed E-state index contributed by atoms with van der Waals surface area (Å²) in [6, 6.07) is 14.4. The van der Waals surface area contributed by atoms with E-state index in [1.54, 1.807) is 47.8 Å². The predicted octanol–water partition coefficient (Wildman–Crippen LogP) is 4.90. The van der Waals surface area contributed by atoms with Crippen LogP contribution in [0.4, 0.5) is 0 Å². The van der Waals surface area contributed by atoms with Crippen LogP contribution >= 0.6 is 0 Å². The van der Waals surface area contributed by atoms with Crippen molar-refractivity contribution in [2.45, 2.75) is 33.5 Å². The normalized spacial score (nSPS) is 10.9. The summed E-state index contributed by atoms with van der Waals surface area (Å²) < 4.78 is 21.9. The van der Waals surface area contributed by atoms with Crippen LogP contribution < -0.4 is 4.74 Å². The average molecular weight is 406 g/mol. The van der Waals surface area contributed by atoms with Crippen LogP contribution in [-0.4, -0.2) is 16.0 Å². The number of nitrogens with zero attached hydrogens (tertiary/aromatic N) is 2. The second kappa shape index (κ2) is 8.73. The van der Waals surface area contributed by atoms with Crippen LogP contribution in [-0.2, 0) is 19.7 Å². The number of carbonyl (C=O) groups excluding carboxylic acids is 1. The Kier molecular flexibility index (Phi) is 5.70. The molecule has 30 heavy (non-hydrogen) atoms. The van der Waals surface area contributed by atoms with Crippen LogP contribution in [0.25, 0.3) is 0 Å². The van der Waals surface area contributed by atoms with Crippen LogP contribution in [0, 0.1) is 13.8 Å². The monoisotopic (exact) mass is 406 g/mol. The van der Waals surface area contributed by atoms with Crippen molar-refractivity contribution in [1.29, 1.82) is 0 Å². The van der Waals surface area contributed by atoms with E-state index in [0.717, 1.165) is 17.0 Å². The van der Waals surface area contributed by atoms with E-state index in [1.807, 2.05) is 32.0 Å². The molecule has 4 rings (SSSR count). The summed E-state index contributed by atoms with van der Waals surface area (Å²) in [6.07, 6.45) is 3.18. The number of rotatable bonds is 8. The first-order chi connectivity index (χ1) is 14.6. The molecule has 3 aromatic heterocycles. The van der Waals surface area contributed by atoms with Crippen LogP contribution in [0.3, 0.4) is 0 Å². The van der Waals surface area contributed by atoms with Gasteiger partial charge in [-0.25, -0.2) is 0 Å². The fraction of sp³-hybridized carbons (Fsp3) is 0.217. The van der Waals surface area contributed by atoms with Crippen LogP contribution in [0.5, 0.6) is 5.75 Å². The lowest BCUT2D eigenvalue weighted by molar-refractivity contribution is 0.0704. The fourth-order valence-electron chi connectivity index (χ4n) is 3.15. The van der Waals surface area contributed by atoms with Gasteiger partial charge in [0.25, 0.3) is 5.91 Å². The Balaban J connectivity index is 1.51. The first kappa shape index (κ1) is 19.6. The molecule has 0 spiro atoms. The fourth-order valence-corrected chi connectivity index (χ4v) is 3.15. The molecule has 0 unspecified atom stereocenters. The molecule has 0 aliphatic rings. The minimum atomic E-state index is -0.148. The van der Waals surface area contributed by atoms with Crippen molar-refractivity contribution in [3.8, 4) is 5.75 Å². The lowest BCUT2D eigenvalue weighted by Crippen LogP contribution is -2.29. The molecule has 4 aromatic rings. The largest absolute Gasteiger partial charge is 0.489 e. The SMILES string of the molecule is Cc1noc(C)c1COc1cccc(C(=O)N(Cc2ccco2)Cc2ccco2)c1. The minimum Gasteiger partial charge on any atom is -0.489 e. The molecule has 0 fully saturated rings. The summed E-state index contributed by atoms with van der Waals surface area (Å²) in [7, 11) is 0. The summed E-state index contributed by atoms with van der Waals surface area (Å²) in [6.45, 7) is 4.70. The smallest absolute Gasteiger partial charge is 0.254 e. The first-order valence-electron chi connectivity index (χ1n) is 9.59. The van der Waals surface area contributed by atoms with Crippen molar-refractivity contribution in [2.24, 2.45) is 0 Å². The molecule has 0 bridgehead atoms. The van der Waals surface area contributed by atoms with Crippen molar-refractivity contribution in [1.82, 2.24) is 10.1 Å². The molecule has 7 nitrogen and oxygen atoms in total. The lowest BCUT2D eigenvalue weighted by atomic mass is 10.1. The van der Waals surface area contributed by atoms with Crippen molar-refractivity contribution in [3.63, 3.8) is 0 Å². The van der Waals surface area contributed by atoms with Crippen molar-refractivity contribution in [2.75, 3.05) is 0 Å². The first-order valence-corrected chi connectivity index (χ1v) is 9.59. The van der Waals surface area contributed by atoms with E-state index in [4.69, 9.17) is 18.1 Å². The number of aromatic nitrogens is 1. The van der Waals surface area contributed by atoms with E-state index < -0.39 is 0 Å². The number of furan rings is 2. The highest BCUT2D eigenvalue weighted by atomic mass is 16.5. The van der Waals surface area contributed by atoms with Gasteiger partial charge in [0.05, 0.1) is 36.9 Å². The predicted molar refractivity (Wildman–Crippen MR) is 108 cm³/mol. The van der Waals surface area contributed by atoms with Crippen LogP contribution in [0.15, 0.2) is 74.4 Å². The molecule has 0 radical (unpaired) electrons. The van der Waals surface area contributed by atoms with Gasteiger partial charge in [-0.15, -0.1) is 0 Å². The Hall–Kier alpha value is -3.74. The van der Waals surface area contributed by atoms with Crippen molar-refractivity contribution in [3.05, 3.63) is 95.2 Å². The summed E-state index contributed by atoms with van der Waals surface area (Å²) in [5, 5.41) is 3.93. The number of aryl methyl sites for hydroxylation is 2. The Morgan fingerprint density at radius 2 is 1.70 bits per heavy atom. The Morgan fingerprint density at radius 1 is 1.00 bits per heavy atom. The number of hydrogen-bond acceptors (Lipinski definition) is 6. The second-order valence-electron chi connectivity index (χ2n) is 6.94. The zero-order chi connectivity index (χ0) is 20.9. The Labute approximate surface area is 173 Å². The zero-order valence-electron chi connectivity index (χ0n) is 16.8. The summed E-state index contributed by atoms with van der Waals surface area (Å²) in [4.78, 5) is 14.9. The summed E-state index contributed by atoms with van der Waals surface area (Å²) in [5.41, 5.74) is 2.22. The molecule has 7 heteroatoms. The molecule has 0 aliphatic heterocycles. The standard InChI is InChI=1S/C23H22N2O5/c1-16-22(17(2)30-24-16)15-29-19-7-3-6-18(12-19)23(26)25(13-20-8-4-10-27-20)14-21-9-5-11-28-21/h3-12H,13-15H2,1-2H3. The molecular weight excluding hydrogens is 384 g/mol. The van der Waals surface area contributed by atoms with Gasteiger partial charge in [0.1, 0.15) is 29.6 Å². The molecule has 0 N–H and O–H groups in total. The zero-order valence-corrected chi connectivity index (χ0v) is 16.8. The molecule has 0 saturated carbocycles. The quantitative estimate of drug-likeness (QED) is 0.414. The lowest BCUT2D eigenvalue weighted by Gasteiger charge is -2.21. The van der Waals surface area contributed by atoms with Crippen molar-refractivity contribution >= 4 is 5.91 Å². The molecule has 154 valence electrons. The average Bonchev–Trinajstić information content (AvgIpc) is 3.51. The van der Waals surface area contributed by atoms with Gasteiger partial charge in [-0.05, 0) is 56.3 Å². The third-order valence-corrected chi connectivity index (χ3v) is 4.79. The number of benzene rings is 1. The molecule has 0 aliphatic carbocycles. The van der Waals surface area contributed by atoms with Crippen LogP contribution in [0.2, 0.25) is 0 Å². The van der Waals surface area contributed by atoms with Gasteiger partial charge in [-0.2, -0.15) is 0 Å². The van der Waals surface area contributed by atoms with Gasteiger partial charge in [0, 0.05) is 5.56 Å². The van der Waals surface area contributed by atoms with Gasteiger partial charge in [-0.1, -0.05) is 11.2 Å². The highest BCUT2D eigenvalue weighted by Gasteiger charge is 2.20. The molecule has 3 heterocycles. The molecular formula is C23H22N2O5.